The van der Waals surface area contributed by atoms with Crippen molar-refractivity contribution in [1.82, 2.24) is 5.32 Å². The molecule has 35 heavy (non-hydrogen) atoms. The molecule has 0 aliphatic rings. The van der Waals surface area contributed by atoms with Crippen molar-refractivity contribution < 1.29 is 24.5 Å². The molecule has 2 aromatic carbocycles. The van der Waals surface area contributed by atoms with Crippen LogP contribution in [0, 0.1) is 0 Å². The van der Waals surface area contributed by atoms with Gasteiger partial charge in [0, 0.05) is 23.7 Å². The molecule has 0 unspecified atom stereocenters. The van der Waals surface area contributed by atoms with E-state index in [0.29, 0.717) is 24.5 Å². The third kappa shape index (κ3) is 7.88. The van der Waals surface area contributed by atoms with Crippen molar-refractivity contribution in [2.45, 2.75) is 78.2 Å². The van der Waals surface area contributed by atoms with Crippen molar-refractivity contribution in [1.29, 1.82) is 0 Å². The number of hydrogen-bond acceptors (Lipinski definition) is 4. The van der Waals surface area contributed by atoms with E-state index in [4.69, 9.17) is 4.74 Å². The molecule has 2 aromatic rings. The summed E-state index contributed by atoms with van der Waals surface area (Å²) >= 11 is 0. The molecule has 3 N–H and O–H groups in total. The molecule has 0 bridgehead atoms. The molecule has 0 saturated carbocycles. The van der Waals surface area contributed by atoms with Gasteiger partial charge in [-0.15, -0.1) is 0 Å². The van der Waals surface area contributed by atoms with E-state index in [1.54, 1.807) is 18.2 Å². The predicted octanol–water partition coefficient (Wildman–Crippen LogP) is 5.60. The Morgan fingerprint density at radius 1 is 0.914 bits per heavy atom. The zero-order valence-corrected chi connectivity index (χ0v) is 22.2. The van der Waals surface area contributed by atoms with E-state index in [0.717, 1.165) is 22.3 Å². The second-order valence-electron chi connectivity index (χ2n) is 11.4. The van der Waals surface area contributed by atoms with Gasteiger partial charge in [0.05, 0.1) is 0 Å². The smallest absolute Gasteiger partial charge is 0.347 e. The second kappa shape index (κ2) is 10.5. The standard InChI is InChI=1S/C29H39NO5/c1-27(2,3)22-17-20(18-23(25(22)32)28(4,5)6)11-14-24(31)30-16-15-19-9-12-21(13-10-19)35-29(7,8)26(33)34/h9-14,17-18,32H,15-16H2,1-8H3,(H,30,31)(H,33,34)/b14-11+. The maximum absolute atomic E-state index is 12.4. The summed E-state index contributed by atoms with van der Waals surface area (Å²) in [6, 6.07) is 11.0. The van der Waals surface area contributed by atoms with Gasteiger partial charge >= 0.3 is 5.97 Å². The molecule has 6 heteroatoms. The van der Waals surface area contributed by atoms with Crippen molar-refractivity contribution in [3.63, 3.8) is 0 Å². The van der Waals surface area contributed by atoms with Gasteiger partial charge in [-0.3, -0.25) is 4.79 Å². The zero-order chi connectivity index (χ0) is 26.6. The summed E-state index contributed by atoms with van der Waals surface area (Å²) in [6.45, 7) is 15.8. The van der Waals surface area contributed by atoms with Crippen molar-refractivity contribution in [2.24, 2.45) is 0 Å². The maximum atomic E-state index is 12.4. The molecule has 0 spiro atoms. The average Bonchev–Trinajstić information content (AvgIpc) is 2.72. The number of phenols is 1. The normalized spacial score (nSPS) is 12.6. The number of carboxylic acid groups (broad SMARTS) is 1. The lowest BCUT2D eigenvalue weighted by atomic mass is 9.78. The Morgan fingerprint density at radius 3 is 1.89 bits per heavy atom. The third-order valence-electron chi connectivity index (χ3n) is 5.70. The van der Waals surface area contributed by atoms with Crippen LogP contribution in [0.2, 0.25) is 0 Å². The largest absolute Gasteiger partial charge is 0.507 e. The maximum Gasteiger partial charge on any atom is 0.347 e. The Balaban J connectivity index is 2.01. The molecule has 0 heterocycles. The summed E-state index contributed by atoms with van der Waals surface area (Å²) in [6.07, 6.45) is 3.91. The van der Waals surface area contributed by atoms with Crippen LogP contribution in [0.4, 0.5) is 0 Å². The quantitative estimate of drug-likeness (QED) is 0.427. The third-order valence-corrected chi connectivity index (χ3v) is 5.70. The summed E-state index contributed by atoms with van der Waals surface area (Å²) in [7, 11) is 0. The van der Waals surface area contributed by atoms with Crippen LogP contribution in [0.15, 0.2) is 42.5 Å². The minimum Gasteiger partial charge on any atom is -0.507 e. The molecule has 0 aliphatic carbocycles. The first-order valence-corrected chi connectivity index (χ1v) is 11.9. The minimum absolute atomic E-state index is 0.198. The summed E-state index contributed by atoms with van der Waals surface area (Å²) in [5.74, 6) is -0.439. The number of carbonyl (C=O) groups is 2. The van der Waals surface area contributed by atoms with Gasteiger partial charge in [-0.05, 0) is 72.6 Å². The number of aliphatic carboxylic acids is 1. The van der Waals surface area contributed by atoms with Crippen molar-refractivity contribution in [3.8, 4) is 11.5 Å². The fourth-order valence-corrected chi connectivity index (χ4v) is 3.52. The predicted molar refractivity (Wildman–Crippen MR) is 140 cm³/mol. The lowest BCUT2D eigenvalue weighted by molar-refractivity contribution is -0.152. The van der Waals surface area contributed by atoms with Crippen molar-refractivity contribution in [2.75, 3.05) is 6.54 Å². The minimum atomic E-state index is -1.30. The van der Waals surface area contributed by atoms with Crippen LogP contribution >= 0.6 is 0 Å². The van der Waals surface area contributed by atoms with Crippen LogP contribution in [0.1, 0.15) is 77.6 Å². The van der Waals surface area contributed by atoms with Crippen LogP contribution < -0.4 is 10.1 Å². The first kappa shape index (κ1) is 28.0. The molecule has 0 aliphatic heterocycles. The highest BCUT2D eigenvalue weighted by Gasteiger charge is 2.29. The Bertz CT molecular complexity index is 1050. The highest BCUT2D eigenvalue weighted by atomic mass is 16.5. The lowest BCUT2D eigenvalue weighted by Crippen LogP contribution is -2.37. The van der Waals surface area contributed by atoms with Gasteiger partial charge in [0.15, 0.2) is 5.60 Å². The molecular weight excluding hydrogens is 442 g/mol. The number of aromatic hydroxyl groups is 1. The number of carbonyl (C=O) groups excluding carboxylic acids is 1. The molecule has 0 aromatic heterocycles. The molecule has 6 nitrogen and oxygen atoms in total. The Labute approximate surface area is 209 Å². The SMILES string of the molecule is CC(C)(Oc1ccc(CCNC(=O)/C=C/c2cc(C(C)(C)C)c(O)c(C(C)(C)C)c2)cc1)C(=O)O. The molecule has 0 radical (unpaired) electrons. The molecule has 190 valence electrons. The number of carboxylic acids is 1. The number of amides is 1. The van der Waals surface area contributed by atoms with E-state index in [9.17, 15) is 19.8 Å². The molecule has 2 rings (SSSR count). The fraction of sp³-hybridized carbons (Fsp3) is 0.448. The number of rotatable bonds is 8. The summed E-state index contributed by atoms with van der Waals surface area (Å²) in [5.41, 5.74) is 1.79. The van der Waals surface area contributed by atoms with Crippen molar-refractivity contribution in [3.05, 3.63) is 64.7 Å². The molecular formula is C29H39NO5. The molecule has 1 amide bonds. The number of benzene rings is 2. The van der Waals surface area contributed by atoms with Crippen LogP contribution in [0.5, 0.6) is 11.5 Å². The van der Waals surface area contributed by atoms with Crippen LogP contribution in [-0.2, 0) is 26.8 Å². The van der Waals surface area contributed by atoms with E-state index in [1.165, 1.54) is 19.9 Å². The highest BCUT2D eigenvalue weighted by Crippen LogP contribution is 2.40. The summed E-state index contributed by atoms with van der Waals surface area (Å²) in [4.78, 5) is 23.6. The fourth-order valence-electron chi connectivity index (χ4n) is 3.52. The Kier molecular flexibility index (Phi) is 8.43. The number of hydrogen-bond donors (Lipinski definition) is 3. The van der Waals surface area contributed by atoms with Gasteiger partial charge in [-0.2, -0.15) is 0 Å². The first-order chi connectivity index (χ1) is 16.0. The van der Waals surface area contributed by atoms with Gasteiger partial charge in [0.2, 0.25) is 5.91 Å². The van der Waals surface area contributed by atoms with E-state index >= 15 is 0 Å². The zero-order valence-electron chi connectivity index (χ0n) is 22.2. The van der Waals surface area contributed by atoms with Gasteiger partial charge in [-0.1, -0.05) is 53.7 Å². The number of ether oxygens (including phenoxy) is 1. The van der Waals surface area contributed by atoms with E-state index in [2.05, 4.69) is 46.9 Å². The second-order valence-corrected chi connectivity index (χ2v) is 11.4. The summed E-state index contributed by atoms with van der Waals surface area (Å²) < 4.78 is 5.51. The van der Waals surface area contributed by atoms with E-state index in [-0.39, 0.29) is 16.7 Å². The van der Waals surface area contributed by atoms with Crippen LogP contribution in [0.25, 0.3) is 6.08 Å². The van der Waals surface area contributed by atoms with Crippen LogP contribution in [-0.4, -0.2) is 34.2 Å². The highest BCUT2D eigenvalue weighted by molar-refractivity contribution is 5.91. The van der Waals surface area contributed by atoms with E-state index in [1.807, 2.05) is 24.3 Å². The lowest BCUT2D eigenvalue weighted by Gasteiger charge is -2.27. The van der Waals surface area contributed by atoms with E-state index < -0.39 is 11.6 Å². The van der Waals surface area contributed by atoms with Crippen molar-refractivity contribution >= 4 is 18.0 Å². The van der Waals surface area contributed by atoms with Gasteiger partial charge in [-0.25, -0.2) is 4.79 Å². The summed E-state index contributed by atoms with van der Waals surface area (Å²) in [5, 5.41) is 22.9. The van der Waals surface area contributed by atoms with Gasteiger partial charge in [0.25, 0.3) is 0 Å². The topological polar surface area (TPSA) is 95.9 Å². The Morgan fingerprint density at radius 2 is 1.43 bits per heavy atom. The van der Waals surface area contributed by atoms with Gasteiger partial charge in [0.1, 0.15) is 11.5 Å². The number of phenolic OH excluding ortho intramolecular Hbond substituents is 1. The van der Waals surface area contributed by atoms with Gasteiger partial charge < -0.3 is 20.3 Å². The first-order valence-electron chi connectivity index (χ1n) is 11.9. The Hall–Kier alpha value is -3.28. The molecule has 0 fully saturated rings. The average molecular weight is 482 g/mol. The monoisotopic (exact) mass is 481 g/mol. The molecule has 0 saturated heterocycles. The number of nitrogens with one attached hydrogen (secondary N) is 1. The molecule has 0 atom stereocenters. The van der Waals surface area contributed by atoms with Crippen LogP contribution in [0.3, 0.4) is 0 Å².